The van der Waals surface area contributed by atoms with Crippen molar-refractivity contribution >= 4 is 21.5 Å². The van der Waals surface area contributed by atoms with Crippen molar-refractivity contribution in [2.75, 3.05) is 37.2 Å². The van der Waals surface area contributed by atoms with Crippen molar-refractivity contribution in [3.8, 4) is 0 Å². The van der Waals surface area contributed by atoms with Gasteiger partial charge in [0.1, 0.15) is 11.6 Å². The fourth-order valence-corrected chi connectivity index (χ4v) is 3.53. The fourth-order valence-electron chi connectivity index (χ4n) is 2.29. The Morgan fingerprint density at radius 3 is 2.56 bits per heavy atom. The zero-order valence-electron chi connectivity index (χ0n) is 14.6. The van der Waals surface area contributed by atoms with Gasteiger partial charge in [-0.15, -0.1) is 0 Å². The van der Waals surface area contributed by atoms with Gasteiger partial charge in [-0.1, -0.05) is 0 Å². The van der Waals surface area contributed by atoms with Crippen LogP contribution < -0.4 is 10.0 Å². The summed E-state index contributed by atoms with van der Waals surface area (Å²) in [6.45, 7) is 3.33. The maximum atomic E-state index is 13.1. The Bertz CT molecular complexity index is 808. The quantitative estimate of drug-likeness (QED) is 0.703. The Kier molecular flexibility index (Phi) is 6.33. The topological polar surface area (TPSA) is 74.3 Å². The van der Waals surface area contributed by atoms with Crippen LogP contribution in [0.25, 0.3) is 0 Å². The molecule has 0 aliphatic rings. The first kappa shape index (κ1) is 19.1. The Balaban J connectivity index is 2.00. The summed E-state index contributed by atoms with van der Waals surface area (Å²) >= 11 is 0. The van der Waals surface area contributed by atoms with Gasteiger partial charge in [-0.2, -0.15) is 0 Å². The summed E-state index contributed by atoms with van der Waals surface area (Å²) in [5.74, 6) is -0.262. The lowest BCUT2D eigenvalue weighted by molar-refractivity contribution is 0.405. The van der Waals surface area contributed by atoms with Crippen LogP contribution in [0.2, 0.25) is 0 Å². The van der Waals surface area contributed by atoms with Crippen LogP contribution >= 0.6 is 0 Å². The number of anilines is 2. The van der Waals surface area contributed by atoms with Crippen LogP contribution in [-0.2, 0) is 10.0 Å². The zero-order chi connectivity index (χ0) is 18.4. The molecule has 0 aliphatic carbocycles. The van der Waals surface area contributed by atoms with Crippen LogP contribution in [0, 0.1) is 12.7 Å². The fraction of sp³-hybridized carbons (Fsp3) is 0.353. The molecule has 0 amide bonds. The van der Waals surface area contributed by atoms with Gasteiger partial charge in [-0.05, 0) is 69.9 Å². The average Bonchev–Trinajstić information content (AvgIpc) is 2.52. The summed E-state index contributed by atoms with van der Waals surface area (Å²) in [6, 6.07) is 6.90. The standard InChI is InChI=1S/C17H23FN4O2S/c1-13-11-14(18)5-7-16(13)25(23,24)21-17-8-6-15(12-20-17)19-9-4-10-22(2)3/h5-8,11-12,19H,4,9-10H2,1-3H3,(H,20,21). The summed E-state index contributed by atoms with van der Waals surface area (Å²) in [7, 11) is 0.229. The molecular weight excluding hydrogens is 343 g/mol. The summed E-state index contributed by atoms with van der Waals surface area (Å²) in [5.41, 5.74) is 1.16. The van der Waals surface area contributed by atoms with Gasteiger partial charge in [-0.3, -0.25) is 4.72 Å². The predicted molar refractivity (Wildman–Crippen MR) is 97.8 cm³/mol. The molecule has 0 saturated heterocycles. The molecule has 0 radical (unpaired) electrons. The van der Waals surface area contributed by atoms with Crippen LogP contribution in [0.5, 0.6) is 0 Å². The first-order chi connectivity index (χ1) is 11.8. The highest BCUT2D eigenvalue weighted by Crippen LogP contribution is 2.19. The van der Waals surface area contributed by atoms with E-state index in [2.05, 4.69) is 19.9 Å². The molecule has 2 aromatic rings. The lowest BCUT2D eigenvalue weighted by Gasteiger charge is -2.12. The molecule has 6 nitrogen and oxygen atoms in total. The van der Waals surface area contributed by atoms with Crippen molar-refractivity contribution in [1.82, 2.24) is 9.88 Å². The van der Waals surface area contributed by atoms with E-state index in [-0.39, 0.29) is 10.7 Å². The van der Waals surface area contributed by atoms with Crippen molar-refractivity contribution in [3.63, 3.8) is 0 Å². The third-order valence-electron chi connectivity index (χ3n) is 3.54. The molecule has 1 aromatic heterocycles. The Morgan fingerprint density at radius 1 is 1.20 bits per heavy atom. The molecule has 2 N–H and O–H groups in total. The van der Waals surface area contributed by atoms with E-state index in [4.69, 9.17) is 0 Å². The number of pyridine rings is 1. The minimum atomic E-state index is -3.81. The van der Waals surface area contributed by atoms with Crippen LogP contribution in [0.3, 0.4) is 0 Å². The van der Waals surface area contributed by atoms with E-state index in [9.17, 15) is 12.8 Å². The third kappa shape index (κ3) is 5.68. The SMILES string of the molecule is Cc1cc(F)ccc1S(=O)(=O)Nc1ccc(NCCCN(C)C)cn1. The average molecular weight is 366 g/mol. The number of rotatable bonds is 8. The predicted octanol–water partition coefficient (Wildman–Crippen LogP) is 2.69. The van der Waals surface area contributed by atoms with Gasteiger partial charge >= 0.3 is 0 Å². The third-order valence-corrected chi connectivity index (χ3v) is 5.06. The lowest BCUT2D eigenvalue weighted by atomic mass is 10.2. The molecule has 1 heterocycles. The normalized spacial score (nSPS) is 11.6. The molecule has 136 valence electrons. The van der Waals surface area contributed by atoms with Gasteiger partial charge in [0.2, 0.25) is 0 Å². The second-order valence-electron chi connectivity index (χ2n) is 6.03. The summed E-state index contributed by atoms with van der Waals surface area (Å²) in [4.78, 5) is 6.25. The highest BCUT2D eigenvalue weighted by molar-refractivity contribution is 7.92. The smallest absolute Gasteiger partial charge is 0.263 e. The molecule has 0 spiro atoms. The second-order valence-corrected chi connectivity index (χ2v) is 7.68. The number of benzene rings is 1. The number of halogens is 1. The molecule has 0 unspecified atom stereocenters. The molecule has 0 fully saturated rings. The van der Waals surface area contributed by atoms with Crippen molar-refractivity contribution in [1.29, 1.82) is 0 Å². The van der Waals surface area contributed by atoms with Crippen molar-refractivity contribution in [2.24, 2.45) is 0 Å². The highest BCUT2D eigenvalue weighted by Gasteiger charge is 2.17. The first-order valence-electron chi connectivity index (χ1n) is 7.91. The van der Waals surface area contributed by atoms with Crippen molar-refractivity contribution in [2.45, 2.75) is 18.2 Å². The number of hydrogen-bond donors (Lipinski definition) is 2. The highest BCUT2D eigenvalue weighted by atomic mass is 32.2. The molecule has 0 bridgehead atoms. The number of aromatic nitrogens is 1. The van der Waals surface area contributed by atoms with Gasteiger partial charge in [0, 0.05) is 6.54 Å². The van der Waals surface area contributed by atoms with Gasteiger partial charge in [0.05, 0.1) is 16.8 Å². The van der Waals surface area contributed by atoms with E-state index in [1.54, 1.807) is 25.3 Å². The Hall–Kier alpha value is -2.19. The Morgan fingerprint density at radius 2 is 1.96 bits per heavy atom. The van der Waals surface area contributed by atoms with Crippen molar-refractivity contribution < 1.29 is 12.8 Å². The van der Waals surface area contributed by atoms with Crippen LogP contribution in [0.1, 0.15) is 12.0 Å². The zero-order valence-corrected chi connectivity index (χ0v) is 15.4. The van der Waals surface area contributed by atoms with E-state index in [0.717, 1.165) is 31.3 Å². The van der Waals surface area contributed by atoms with E-state index < -0.39 is 15.8 Å². The minimum absolute atomic E-state index is 0.0292. The second kappa shape index (κ2) is 8.26. The van der Waals surface area contributed by atoms with Gasteiger partial charge in [0.25, 0.3) is 10.0 Å². The Labute approximate surface area is 148 Å². The number of nitrogens with zero attached hydrogens (tertiary/aromatic N) is 2. The van der Waals surface area contributed by atoms with Gasteiger partial charge in [-0.25, -0.2) is 17.8 Å². The van der Waals surface area contributed by atoms with E-state index in [1.165, 1.54) is 12.1 Å². The monoisotopic (exact) mass is 366 g/mol. The molecular formula is C17H23FN4O2S. The number of aryl methyl sites for hydroxylation is 1. The first-order valence-corrected chi connectivity index (χ1v) is 9.40. The van der Waals surface area contributed by atoms with E-state index in [1.807, 2.05) is 14.1 Å². The van der Waals surface area contributed by atoms with Gasteiger partial charge in [0.15, 0.2) is 0 Å². The summed E-state index contributed by atoms with van der Waals surface area (Å²) < 4.78 is 40.3. The maximum absolute atomic E-state index is 13.1. The number of sulfonamides is 1. The molecule has 25 heavy (non-hydrogen) atoms. The number of nitrogens with one attached hydrogen (secondary N) is 2. The maximum Gasteiger partial charge on any atom is 0.263 e. The van der Waals surface area contributed by atoms with E-state index >= 15 is 0 Å². The largest absolute Gasteiger partial charge is 0.384 e. The number of hydrogen-bond acceptors (Lipinski definition) is 5. The lowest BCUT2D eigenvalue weighted by Crippen LogP contribution is -2.17. The minimum Gasteiger partial charge on any atom is -0.384 e. The summed E-state index contributed by atoms with van der Waals surface area (Å²) in [6.07, 6.45) is 2.57. The van der Waals surface area contributed by atoms with Crippen LogP contribution in [0.4, 0.5) is 15.9 Å². The van der Waals surface area contributed by atoms with Crippen LogP contribution in [-0.4, -0.2) is 45.5 Å². The van der Waals surface area contributed by atoms with Crippen molar-refractivity contribution in [3.05, 3.63) is 47.9 Å². The molecule has 2 rings (SSSR count). The van der Waals surface area contributed by atoms with Gasteiger partial charge < -0.3 is 10.2 Å². The molecule has 0 saturated carbocycles. The summed E-state index contributed by atoms with van der Waals surface area (Å²) in [5, 5.41) is 3.23. The van der Waals surface area contributed by atoms with E-state index in [0.29, 0.717) is 5.56 Å². The molecule has 1 aromatic carbocycles. The molecule has 0 aliphatic heterocycles. The molecule has 8 heteroatoms. The van der Waals surface area contributed by atoms with Crippen LogP contribution in [0.15, 0.2) is 41.4 Å². The molecule has 0 atom stereocenters.